The molecule has 34 heavy (non-hydrogen) atoms. The Morgan fingerprint density at radius 1 is 1.29 bits per heavy atom. The van der Waals surface area contributed by atoms with Gasteiger partial charge in [-0.05, 0) is 54.8 Å². The fraction of sp³-hybridized carbons (Fsp3) is 0.400. The van der Waals surface area contributed by atoms with E-state index in [0.717, 1.165) is 45.6 Å². The highest BCUT2D eigenvalue weighted by Gasteiger charge is 2.28. The molecular weight excluding hydrogens is 452 g/mol. The molecule has 9 heteroatoms. The lowest BCUT2D eigenvalue weighted by Crippen LogP contribution is -2.44. The third kappa shape index (κ3) is 5.17. The summed E-state index contributed by atoms with van der Waals surface area (Å²) in [5, 5.41) is 18.2. The maximum Gasteiger partial charge on any atom is 0.235 e. The summed E-state index contributed by atoms with van der Waals surface area (Å²) in [6.45, 7) is 1.13. The molecule has 3 N–H and O–H groups in total. The molecule has 1 saturated heterocycles. The van der Waals surface area contributed by atoms with Crippen LogP contribution in [0.1, 0.15) is 24.1 Å². The topological polar surface area (TPSA) is 106 Å². The summed E-state index contributed by atoms with van der Waals surface area (Å²) in [5.41, 5.74) is 2.79. The number of nitrogens with zero attached hydrogens (tertiary/aromatic N) is 2. The van der Waals surface area contributed by atoms with Crippen LogP contribution in [-0.2, 0) is 22.5 Å². The number of thioether (sulfide) groups is 1. The van der Waals surface area contributed by atoms with Crippen molar-refractivity contribution in [2.24, 2.45) is 0 Å². The Labute approximate surface area is 202 Å². The standard InChI is InChI=1S/C25H28N4O4S/c1-32-18-4-5-20-19(11-18)15(8-9-26-20)10-21(30)22-6-2-17(13-33-22)27-12-16-3-7-23-25(28-16)29-24(31)14-34-23/h3-5,7-9,11,17,21-22,27,30H,2,6,10,12-14H2,1H3,(H,28,29,31)/t17-,21-,22+/m1/s1. The van der Waals surface area contributed by atoms with Crippen molar-refractivity contribution in [3.05, 3.63) is 53.9 Å². The maximum atomic E-state index is 11.6. The van der Waals surface area contributed by atoms with E-state index in [1.165, 1.54) is 11.8 Å². The largest absolute Gasteiger partial charge is 0.497 e. The number of fused-ring (bicyclic) bond motifs is 2. The number of benzene rings is 1. The number of amides is 1. The zero-order chi connectivity index (χ0) is 23.5. The fourth-order valence-corrected chi connectivity index (χ4v) is 5.19. The van der Waals surface area contributed by atoms with Crippen molar-refractivity contribution in [1.82, 2.24) is 15.3 Å². The van der Waals surface area contributed by atoms with E-state index < -0.39 is 6.10 Å². The van der Waals surface area contributed by atoms with Crippen LogP contribution in [0.15, 0.2) is 47.5 Å². The van der Waals surface area contributed by atoms with Crippen LogP contribution < -0.4 is 15.4 Å². The lowest BCUT2D eigenvalue weighted by Gasteiger charge is -2.32. The summed E-state index contributed by atoms with van der Waals surface area (Å²) in [4.78, 5) is 21.6. The number of carbonyl (C=O) groups is 1. The summed E-state index contributed by atoms with van der Waals surface area (Å²) < 4.78 is 11.4. The highest BCUT2D eigenvalue weighted by atomic mass is 32.2. The van der Waals surface area contributed by atoms with Gasteiger partial charge >= 0.3 is 0 Å². The third-order valence-corrected chi connectivity index (χ3v) is 7.36. The molecule has 2 aromatic heterocycles. The highest BCUT2D eigenvalue weighted by molar-refractivity contribution is 8.00. The number of hydrogen-bond acceptors (Lipinski definition) is 8. The van der Waals surface area contributed by atoms with Gasteiger partial charge in [-0.15, -0.1) is 11.8 Å². The first-order valence-electron chi connectivity index (χ1n) is 11.5. The number of pyridine rings is 2. The zero-order valence-corrected chi connectivity index (χ0v) is 19.8. The van der Waals surface area contributed by atoms with Crippen LogP contribution >= 0.6 is 11.8 Å². The second-order valence-electron chi connectivity index (χ2n) is 8.64. The van der Waals surface area contributed by atoms with Gasteiger partial charge in [0.1, 0.15) is 11.6 Å². The van der Waals surface area contributed by atoms with Crippen molar-refractivity contribution in [3.8, 4) is 5.75 Å². The molecule has 0 radical (unpaired) electrons. The Kier molecular flexibility index (Phi) is 6.96. The molecule has 1 amide bonds. The fourth-order valence-electron chi connectivity index (χ4n) is 4.43. The first kappa shape index (κ1) is 23.0. The molecule has 2 aliphatic rings. The number of aromatic nitrogens is 2. The zero-order valence-electron chi connectivity index (χ0n) is 19.0. The minimum absolute atomic E-state index is 0.0145. The molecule has 1 aromatic carbocycles. The van der Waals surface area contributed by atoms with Gasteiger partial charge in [0.25, 0.3) is 0 Å². The number of methoxy groups -OCH3 is 1. The molecule has 8 nitrogen and oxygen atoms in total. The van der Waals surface area contributed by atoms with E-state index >= 15 is 0 Å². The number of anilines is 1. The molecule has 1 fully saturated rings. The lowest BCUT2D eigenvalue weighted by atomic mass is 9.95. The molecule has 0 spiro atoms. The normalized spacial score (nSPS) is 21.1. The minimum Gasteiger partial charge on any atom is -0.497 e. The van der Waals surface area contributed by atoms with Crippen LogP contribution in [0.4, 0.5) is 5.82 Å². The molecule has 0 unspecified atom stereocenters. The van der Waals surface area contributed by atoms with Gasteiger partial charge < -0.3 is 25.2 Å². The SMILES string of the molecule is COc1ccc2nccc(C[C@@H](O)[C@@H]3CC[C@@H](NCc4ccc5c(n4)NC(=O)CS5)CO3)c2c1. The Balaban J connectivity index is 1.14. The van der Waals surface area contributed by atoms with Gasteiger partial charge in [0.15, 0.2) is 0 Å². The lowest BCUT2D eigenvalue weighted by molar-refractivity contribution is -0.113. The monoisotopic (exact) mass is 480 g/mol. The van der Waals surface area contributed by atoms with Crippen molar-refractivity contribution in [2.75, 3.05) is 24.8 Å². The van der Waals surface area contributed by atoms with E-state index in [2.05, 4.69) is 20.6 Å². The molecule has 5 rings (SSSR count). The summed E-state index contributed by atoms with van der Waals surface area (Å²) >= 11 is 1.51. The Morgan fingerprint density at radius 2 is 2.21 bits per heavy atom. The predicted octanol–water partition coefficient (Wildman–Crippen LogP) is 2.92. The minimum atomic E-state index is -0.596. The number of hydrogen-bond donors (Lipinski definition) is 3. The van der Waals surface area contributed by atoms with Crippen molar-refractivity contribution >= 4 is 34.4 Å². The van der Waals surface area contributed by atoms with Crippen LogP contribution in [0.3, 0.4) is 0 Å². The molecule has 178 valence electrons. The summed E-state index contributed by atoms with van der Waals surface area (Å²) in [7, 11) is 1.64. The average molecular weight is 481 g/mol. The molecule has 4 heterocycles. The summed E-state index contributed by atoms with van der Waals surface area (Å²) in [6, 6.07) is 11.9. The summed E-state index contributed by atoms with van der Waals surface area (Å²) in [6.07, 6.45) is 3.15. The first-order chi connectivity index (χ1) is 16.6. The Hall–Kier alpha value is -2.72. The number of rotatable bonds is 7. The van der Waals surface area contributed by atoms with Crippen LogP contribution in [-0.4, -0.2) is 58.7 Å². The predicted molar refractivity (Wildman–Crippen MR) is 131 cm³/mol. The maximum absolute atomic E-state index is 11.6. The molecule has 3 aromatic rings. The van der Waals surface area contributed by atoms with Crippen molar-refractivity contribution in [1.29, 1.82) is 0 Å². The Bertz CT molecular complexity index is 1180. The summed E-state index contributed by atoms with van der Waals surface area (Å²) in [5.74, 6) is 1.84. The van der Waals surface area contributed by atoms with Gasteiger partial charge in [-0.25, -0.2) is 4.98 Å². The number of aliphatic hydroxyl groups excluding tert-OH is 1. The van der Waals surface area contributed by atoms with Crippen LogP contribution in [0.2, 0.25) is 0 Å². The van der Waals surface area contributed by atoms with Gasteiger partial charge in [-0.3, -0.25) is 9.78 Å². The quantitative estimate of drug-likeness (QED) is 0.474. The van der Waals surface area contributed by atoms with Gasteiger partial charge in [0.2, 0.25) is 5.91 Å². The van der Waals surface area contributed by atoms with Crippen LogP contribution in [0.5, 0.6) is 5.75 Å². The van der Waals surface area contributed by atoms with Gasteiger partial charge in [0, 0.05) is 30.6 Å². The molecule has 3 atom stereocenters. The van der Waals surface area contributed by atoms with E-state index in [4.69, 9.17) is 9.47 Å². The number of carbonyl (C=O) groups excluding carboxylic acids is 1. The van der Waals surface area contributed by atoms with Crippen LogP contribution in [0.25, 0.3) is 10.9 Å². The number of nitrogens with one attached hydrogen (secondary N) is 2. The van der Waals surface area contributed by atoms with E-state index in [1.807, 2.05) is 36.4 Å². The van der Waals surface area contributed by atoms with E-state index in [9.17, 15) is 9.90 Å². The van der Waals surface area contributed by atoms with Crippen molar-refractivity contribution in [3.63, 3.8) is 0 Å². The smallest absolute Gasteiger partial charge is 0.235 e. The molecule has 2 aliphatic heterocycles. The first-order valence-corrected chi connectivity index (χ1v) is 12.4. The van der Waals surface area contributed by atoms with Crippen molar-refractivity contribution in [2.45, 2.75) is 49.0 Å². The molecule has 0 aliphatic carbocycles. The second-order valence-corrected chi connectivity index (χ2v) is 9.65. The van der Waals surface area contributed by atoms with Gasteiger partial charge in [-0.2, -0.15) is 0 Å². The van der Waals surface area contributed by atoms with Gasteiger partial charge in [-0.1, -0.05) is 0 Å². The number of aliphatic hydroxyl groups is 1. The highest BCUT2D eigenvalue weighted by Crippen LogP contribution is 2.30. The number of ether oxygens (including phenoxy) is 2. The Morgan fingerprint density at radius 3 is 3.03 bits per heavy atom. The second kappa shape index (κ2) is 10.3. The van der Waals surface area contributed by atoms with Gasteiger partial charge in [0.05, 0.1) is 47.8 Å². The molecular formula is C25H28N4O4S. The van der Waals surface area contributed by atoms with E-state index in [-0.39, 0.29) is 18.1 Å². The van der Waals surface area contributed by atoms with E-state index in [0.29, 0.717) is 31.1 Å². The van der Waals surface area contributed by atoms with Crippen molar-refractivity contribution < 1.29 is 19.4 Å². The van der Waals surface area contributed by atoms with E-state index in [1.54, 1.807) is 13.3 Å². The molecule has 0 bridgehead atoms. The average Bonchev–Trinajstić information content (AvgIpc) is 2.87. The van der Waals surface area contributed by atoms with Crippen LogP contribution in [0, 0.1) is 0 Å². The third-order valence-electron chi connectivity index (χ3n) is 6.31. The molecule has 0 saturated carbocycles.